The van der Waals surface area contributed by atoms with E-state index in [1.54, 1.807) is 0 Å². The highest BCUT2D eigenvalue weighted by atomic mass is 16.1. The van der Waals surface area contributed by atoms with E-state index in [9.17, 15) is 4.79 Å². The number of amides is 1. The SMILES string of the molecule is [N-]=[N+]=NCC#Cc1cccc2c1NC(=O)C2. The molecule has 0 bridgehead atoms. The third-order valence-electron chi connectivity index (χ3n) is 2.20. The Hall–Kier alpha value is -2.44. The third-order valence-corrected chi connectivity index (χ3v) is 2.20. The van der Waals surface area contributed by atoms with Crippen LogP contribution >= 0.6 is 0 Å². The molecular formula is C11H8N4O. The average Bonchev–Trinajstić information content (AvgIpc) is 2.65. The maximum Gasteiger partial charge on any atom is 0.228 e. The Bertz CT molecular complexity index is 547. The number of anilines is 1. The molecule has 1 amide bonds. The Morgan fingerprint density at radius 2 is 2.44 bits per heavy atom. The molecule has 0 aliphatic carbocycles. The second-order valence-corrected chi connectivity index (χ2v) is 3.26. The fraction of sp³-hybridized carbons (Fsp3) is 0.182. The summed E-state index contributed by atoms with van der Waals surface area (Å²) in [5, 5.41) is 6.08. The van der Waals surface area contributed by atoms with Crippen LogP contribution in [0.1, 0.15) is 11.1 Å². The van der Waals surface area contributed by atoms with Crippen molar-refractivity contribution in [3.05, 3.63) is 39.8 Å². The standard InChI is InChI=1S/C11H8N4O/c12-15-13-6-2-5-8-3-1-4-9-7-10(16)14-11(8)9/h1,3-4H,6-7H2,(H,14,16). The summed E-state index contributed by atoms with van der Waals surface area (Å²) in [6.45, 7) is 0.133. The zero-order valence-corrected chi connectivity index (χ0v) is 8.40. The number of carbonyl (C=O) groups excluding carboxylic acids is 1. The lowest BCUT2D eigenvalue weighted by Crippen LogP contribution is -2.04. The Kier molecular flexibility index (Phi) is 2.77. The summed E-state index contributed by atoms with van der Waals surface area (Å²) in [6, 6.07) is 5.58. The van der Waals surface area contributed by atoms with Crippen LogP contribution in [0.4, 0.5) is 5.69 Å². The van der Waals surface area contributed by atoms with E-state index in [1.165, 1.54) is 0 Å². The normalized spacial score (nSPS) is 11.9. The van der Waals surface area contributed by atoms with Gasteiger partial charge in [-0.25, -0.2) is 0 Å². The van der Waals surface area contributed by atoms with Crippen molar-refractivity contribution in [1.29, 1.82) is 0 Å². The fourth-order valence-corrected chi connectivity index (χ4v) is 1.56. The van der Waals surface area contributed by atoms with Gasteiger partial charge in [-0.1, -0.05) is 29.1 Å². The Morgan fingerprint density at radius 3 is 3.25 bits per heavy atom. The van der Waals surface area contributed by atoms with E-state index in [-0.39, 0.29) is 12.5 Å². The van der Waals surface area contributed by atoms with E-state index in [0.29, 0.717) is 6.42 Å². The molecule has 1 aromatic rings. The predicted molar refractivity (Wildman–Crippen MR) is 59.7 cm³/mol. The molecule has 2 rings (SSSR count). The smallest absolute Gasteiger partial charge is 0.228 e. The summed E-state index contributed by atoms with van der Waals surface area (Å²) in [5.41, 5.74) is 10.6. The zero-order chi connectivity index (χ0) is 11.4. The lowest BCUT2D eigenvalue weighted by molar-refractivity contribution is -0.115. The van der Waals surface area contributed by atoms with Gasteiger partial charge in [0.25, 0.3) is 0 Å². The first-order chi connectivity index (χ1) is 7.81. The summed E-state index contributed by atoms with van der Waals surface area (Å²) in [6.07, 6.45) is 0.404. The molecule has 0 spiro atoms. The van der Waals surface area contributed by atoms with E-state index in [4.69, 9.17) is 5.53 Å². The number of para-hydroxylation sites is 1. The van der Waals surface area contributed by atoms with Crippen LogP contribution in [0.2, 0.25) is 0 Å². The number of azide groups is 1. The molecule has 0 saturated carbocycles. The monoisotopic (exact) mass is 212 g/mol. The number of rotatable bonds is 1. The molecule has 0 saturated heterocycles. The molecule has 16 heavy (non-hydrogen) atoms. The van der Waals surface area contributed by atoms with Gasteiger partial charge in [-0.3, -0.25) is 4.79 Å². The van der Waals surface area contributed by atoms with Gasteiger partial charge in [-0.15, -0.1) is 0 Å². The maximum absolute atomic E-state index is 11.2. The fourth-order valence-electron chi connectivity index (χ4n) is 1.56. The highest BCUT2D eigenvalue weighted by molar-refractivity contribution is 6.00. The van der Waals surface area contributed by atoms with E-state index >= 15 is 0 Å². The predicted octanol–water partition coefficient (Wildman–Crippen LogP) is 1.84. The van der Waals surface area contributed by atoms with Gasteiger partial charge < -0.3 is 5.32 Å². The lowest BCUT2D eigenvalue weighted by Gasteiger charge is -2.00. The van der Waals surface area contributed by atoms with Gasteiger partial charge in [0.1, 0.15) is 0 Å². The number of hydrogen-bond donors (Lipinski definition) is 1. The van der Waals surface area contributed by atoms with Gasteiger partial charge >= 0.3 is 0 Å². The Morgan fingerprint density at radius 1 is 1.56 bits per heavy atom. The molecule has 1 heterocycles. The van der Waals surface area contributed by atoms with E-state index in [2.05, 4.69) is 27.2 Å². The third kappa shape index (κ3) is 1.97. The van der Waals surface area contributed by atoms with Crippen LogP contribution < -0.4 is 5.32 Å². The van der Waals surface area contributed by atoms with Gasteiger partial charge in [0, 0.05) is 10.5 Å². The molecule has 78 valence electrons. The summed E-state index contributed by atoms with van der Waals surface area (Å²) in [4.78, 5) is 13.8. The van der Waals surface area contributed by atoms with Crippen LogP contribution in [0.25, 0.3) is 10.4 Å². The minimum absolute atomic E-state index is 0.0145. The van der Waals surface area contributed by atoms with Crippen LogP contribution in [-0.4, -0.2) is 12.5 Å². The molecule has 0 fully saturated rings. The average molecular weight is 212 g/mol. The van der Waals surface area contributed by atoms with Crippen molar-refractivity contribution in [3.63, 3.8) is 0 Å². The van der Waals surface area contributed by atoms with Gasteiger partial charge in [-0.05, 0) is 17.2 Å². The van der Waals surface area contributed by atoms with Crippen molar-refractivity contribution in [1.82, 2.24) is 0 Å². The first-order valence-electron chi connectivity index (χ1n) is 4.73. The lowest BCUT2D eigenvalue weighted by atomic mass is 10.1. The molecular weight excluding hydrogens is 204 g/mol. The number of benzene rings is 1. The highest BCUT2D eigenvalue weighted by Crippen LogP contribution is 2.26. The summed E-state index contributed by atoms with van der Waals surface area (Å²) >= 11 is 0. The van der Waals surface area contributed by atoms with Crippen molar-refractivity contribution < 1.29 is 4.79 Å². The summed E-state index contributed by atoms with van der Waals surface area (Å²) in [5.74, 6) is 5.58. The number of hydrogen-bond acceptors (Lipinski definition) is 2. The van der Waals surface area contributed by atoms with Crippen molar-refractivity contribution in [2.45, 2.75) is 6.42 Å². The number of nitrogens with zero attached hydrogens (tertiary/aromatic N) is 3. The highest BCUT2D eigenvalue weighted by Gasteiger charge is 2.19. The van der Waals surface area contributed by atoms with E-state index < -0.39 is 0 Å². The first-order valence-corrected chi connectivity index (χ1v) is 4.73. The number of fused-ring (bicyclic) bond motifs is 1. The quantitative estimate of drug-likeness (QED) is 0.328. The molecule has 1 aliphatic heterocycles. The zero-order valence-electron chi connectivity index (χ0n) is 8.40. The molecule has 0 aromatic heterocycles. The van der Waals surface area contributed by atoms with Crippen LogP contribution in [0, 0.1) is 11.8 Å². The Labute approximate surface area is 92.1 Å². The van der Waals surface area contributed by atoms with Crippen molar-refractivity contribution in [3.8, 4) is 11.8 Å². The molecule has 5 heteroatoms. The largest absolute Gasteiger partial charge is 0.324 e. The first kappa shape index (κ1) is 10.1. The van der Waals surface area contributed by atoms with Crippen LogP contribution in [0.5, 0.6) is 0 Å². The van der Waals surface area contributed by atoms with Gasteiger partial charge in [0.2, 0.25) is 5.91 Å². The molecule has 5 nitrogen and oxygen atoms in total. The molecule has 1 aliphatic rings. The number of nitrogens with one attached hydrogen (secondary N) is 1. The topological polar surface area (TPSA) is 77.9 Å². The molecule has 0 unspecified atom stereocenters. The second kappa shape index (κ2) is 4.39. The maximum atomic E-state index is 11.2. The van der Waals surface area contributed by atoms with Crippen molar-refractivity contribution in [2.24, 2.45) is 5.11 Å². The molecule has 0 radical (unpaired) electrons. The minimum atomic E-state index is -0.0145. The van der Waals surface area contributed by atoms with E-state index in [0.717, 1.165) is 16.8 Å². The van der Waals surface area contributed by atoms with Crippen molar-refractivity contribution >= 4 is 11.6 Å². The molecule has 0 atom stereocenters. The second-order valence-electron chi connectivity index (χ2n) is 3.26. The van der Waals surface area contributed by atoms with Crippen molar-refractivity contribution in [2.75, 3.05) is 11.9 Å². The van der Waals surface area contributed by atoms with Gasteiger partial charge in [0.15, 0.2) is 0 Å². The minimum Gasteiger partial charge on any atom is -0.324 e. The summed E-state index contributed by atoms with van der Waals surface area (Å²) < 4.78 is 0. The van der Waals surface area contributed by atoms with Gasteiger partial charge in [0.05, 0.1) is 18.7 Å². The molecule has 1 aromatic carbocycles. The van der Waals surface area contributed by atoms with Crippen LogP contribution in [0.3, 0.4) is 0 Å². The number of carbonyl (C=O) groups is 1. The summed E-state index contributed by atoms with van der Waals surface area (Å²) in [7, 11) is 0. The Balaban J connectivity index is 2.28. The van der Waals surface area contributed by atoms with Gasteiger partial charge in [-0.2, -0.15) is 0 Å². The van der Waals surface area contributed by atoms with Crippen LogP contribution in [-0.2, 0) is 11.2 Å². The molecule has 1 N–H and O–H groups in total. The van der Waals surface area contributed by atoms with E-state index in [1.807, 2.05) is 18.2 Å². The van der Waals surface area contributed by atoms with Crippen LogP contribution in [0.15, 0.2) is 23.3 Å².